The summed E-state index contributed by atoms with van der Waals surface area (Å²) in [6, 6.07) is 1.20. The van der Waals surface area contributed by atoms with Crippen molar-refractivity contribution in [2.45, 2.75) is 31.8 Å². The van der Waals surface area contributed by atoms with Crippen molar-refractivity contribution in [2.75, 3.05) is 31.2 Å². The van der Waals surface area contributed by atoms with Crippen molar-refractivity contribution in [1.29, 1.82) is 0 Å². The maximum atomic E-state index is 5.59. The van der Waals surface area contributed by atoms with E-state index in [1.54, 1.807) is 11.3 Å². The molecule has 17 heavy (non-hydrogen) atoms. The molecule has 1 aliphatic carbocycles. The van der Waals surface area contributed by atoms with Crippen LogP contribution in [-0.2, 0) is 4.74 Å². The number of thiazole rings is 1. The Bertz CT molecular complexity index is 378. The summed E-state index contributed by atoms with van der Waals surface area (Å²) in [6.45, 7) is 5.67. The zero-order valence-corrected chi connectivity index (χ0v) is 11.0. The smallest absolute Gasteiger partial charge is 0.185 e. The molecule has 5 heteroatoms. The molecule has 1 atom stereocenters. The maximum absolute atomic E-state index is 5.59. The van der Waals surface area contributed by atoms with E-state index in [1.807, 2.05) is 0 Å². The summed E-state index contributed by atoms with van der Waals surface area (Å²) < 4.78 is 5.59. The molecule has 1 aromatic rings. The molecule has 2 fully saturated rings. The third kappa shape index (κ3) is 2.78. The van der Waals surface area contributed by atoms with Crippen LogP contribution in [-0.4, -0.2) is 43.4 Å². The third-order valence-corrected chi connectivity index (χ3v) is 4.30. The minimum absolute atomic E-state index is 0.440. The molecule has 0 radical (unpaired) electrons. The SMILES string of the molecule is Cc1csc(N2CCOCC2CNC2CC2)n1. The second-order valence-electron chi connectivity index (χ2n) is 4.88. The van der Waals surface area contributed by atoms with Crippen LogP contribution >= 0.6 is 11.3 Å². The lowest BCUT2D eigenvalue weighted by molar-refractivity contribution is 0.0936. The van der Waals surface area contributed by atoms with Crippen LogP contribution in [0.5, 0.6) is 0 Å². The fraction of sp³-hybridized carbons (Fsp3) is 0.750. The summed E-state index contributed by atoms with van der Waals surface area (Å²) in [6.07, 6.45) is 2.67. The average molecular weight is 253 g/mol. The molecular weight excluding hydrogens is 234 g/mol. The van der Waals surface area contributed by atoms with E-state index in [4.69, 9.17) is 4.74 Å². The Morgan fingerprint density at radius 3 is 3.18 bits per heavy atom. The van der Waals surface area contributed by atoms with Gasteiger partial charge in [0.1, 0.15) is 0 Å². The summed E-state index contributed by atoms with van der Waals surface area (Å²) in [7, 11) is 0. The Morgan fingerprint density at radius 1 is 1.59 bits per heavy atom. The van der Waals surface area contributed by atoms with Crippen LogP contribution in [0, 0.1) is 6.92 Å². The highest BCUT2D eigenvalue weighted by atomic mass is 32.1. The molecule has 3 rings (SSSR count). The fourth-order valence-corrected chi connectivity index (χ4v) is 3.04. The zero-order chi connectivity index (χ0) is 11.7. The van der Waals surface area contributed by atoms with Gasteiger partial charge in [0.25, 0.3) is 0 Å². The van der Waals surface area contributed by atoms with Crippen molar-refractivity contribution in [3.63, 3.8) is 0 Å². The van der Waals surface area contributed by atoms with E-state index in [0.717, 1.165) is 43.2 Å². The summed E-state index contributed by atoms with van der Waals surface area (Å²) in [4.78, 5) is 6.99. The number of rotatable bonds is 4. The molecule has 4 nitrogen and oxygen atoms in total. The lowest BCUT2D eigenvalue weighted by Crippen LogP contribution is -2.50. The largest absolute Gasteiger partial charge is 0.377 e. The summed E-state index contributed by atoms with van der Waals surface area (Å²) in [5, 5.41) is 6.86. The van der Waals surface area contributed by atoms with Gasteiger partial charge in [0, 0.05) is 24.5 Å². The first kappa shape index (κ1) is 11.4. The van der Waals surface area contributed by atoms with Gasteiger partial charge in [0.2, 0.25) is 0 Å². The molecule has 2 heterocycles. The van der Waals surface area contributed by atoms with Gasteiger partial charge in [-0.1, -0.05) is 0 Å². The highest BCUT2D eigenvalue weighted by molar-refractivity contribution is 7.13. The Labute approximate surface area is 106 Å². The maximum Gasteiger partial charge on any atom is 0.185 e. The van der Waals surface area contributed by atoms with Crippen molar-refractivity contribution < 1.29 is 4.74 Å². The molecular formula is C12H19N3OS. The molecule has 2 aliphatic rings. The van der Waals surface area contributed by atoms with Gasteiger partial charge in [0.05, 0.1) is 24.9 Å². The molecule has 1 aromatic heterocycles. The van der Waals surface area contributed by atoms with Crippen LogP contribution < -0.4 is 10.2 Å². The number of hydrogen-bond donors (Lipinski definition) is 1. The lowest BCUT2D eigenvalue weighted by Gasteiger charge is -2.35. The van der Waals surface area contributed by atoms with E-state index in [0.29, 0.717) is 6.04 Å². The van der Waals surface area contributed by atoms with Crippen molar-refractivity contribution in [3.05, 3.63) is 11.1 Å². The van der Waals surface area contributed by atoms with E-state index in [-0.39, 0.29) is 0 Å². The zero-order valence-electron chi connectivity index (χ0n) is 10.2. The molecule has 1 saturated heterocycles. The number of nitrogens with zero attached hydrogens (tertiary/aromatic N) is 2. The molecule has 0 aromatic carbocycles. The first-order chi connectivity index (χ1) is 8.33. The Kier molecular flexibility index (Phi) is 3.31. The predicted molar refractivity (Wildman–Crippen MR) is 69.8 cm³/mol. The molecule has 0 bridgehead atoms. The fourth-order valence-electron chi connectivity index (χ4n) is 2.14. The molecule has 1 aliphatic heterocycles. The standard InChI is InChI=1S/C12H19N3OS/c1-9-8-17-12(14-9)15-4-5-16-7-11(15)6-13-10-2-3-10/h8,10-11,13H,2-7H2,1H3. The van der Waals surface area contributed by atoms with E-state index in [1.165, 1.54) is 12.8 Å². The van der Waals surface area contributed by atoms with Crippen LogP contribution in [0.4, 0.5) is 5.13 Å². The van der Waals surface area contributed by atoms with Crippen molar-refractivity contribution in [1.82, 2.24) is 10.3 Å². The second-order valence-corrected chi connectivity index (χ2v) is 5.71. The summed E-state index contributed by atoms with van der Waals surface area (Å²) in [5.74, 6) is 0. The topological polar surface area (TPSA) is 37.4 Å². The Hall–Kier alpha value is -0.650. The monoisotopic (exact) mass is 253 g/mol. The highest BCUT2D eigenvalue weighted by Gasteiger charge is 2.28. The average Bonchev–Trinajstić information content (AvgIpc) is 3.08. The first-order valence-electron chi connectivity index (χ1n) is 6.33. The lowest BCUT2D eigenvalue weighted by atomic mass is 10.2. The van der Waals surface area contributed by atoms with Gasteiger partial charge in [0.15, 0.2) is 5.13 Å². The Balaban J connectivity index is 1.65. The third-order valence-electron chi connectivity index (χ3n) is 3.30. The van der Waals surface area contributed by atoms with Crippen LogP contribution in [0.25, 0.3) is 0 Å². The number of morpholine rings is 1. The number of ether oxygens (including phenoxy) is 1. The van der Waals surface area contributed by atoms with Gasteiger partial charge in [-0.15, -0.1) is 11.3 Å². The minimum Gasteiger partial charge on any atom is -0.377 e. The van der Waals surface area contributed by atoms with Crippen LogP contribution in [0.15, 0.2) is 5.38 Å². The van der Waals surface area contributed by atoms with Crippen LogP contribution in [0.2, 0.25) is 0 Å². The number of anilines is 1. The Morgan fingerprint density at radius 2 is 2.47 bits per heavy atom. The van der Waals surface area contributed by atoms with Crippen molar-refractivity contribution in [2.24, 2.45) is 0 Å². The molecule has 1 saturated carbocycles. The van der Waals surface area contributed by atoms with Crippen LogP contribution in [0.1, 0.15) is 18.5 Å². The quantitative estimate of drug-likeness (QED) is 0.880. The number of aromatic nitrogens is 1. The van der Waals surface area contributed by atoms with Gasteiger partial charge in [-0.25, -0.2) is 4.98 Å². The molecule has 1 N–H and O–H groups in total. The molecule has 0 spiro atoms. The number of hydrogen-bond acceptors (Lipinski definition) is 5. The van der Waals surface area contributed by atoms with E-state index in [2.05, 4.69) is 27.5 Å². The minimum atomic E-state index is 0.440. The van der Waals surface area contributed by atoms with Crippen molar-refractivity contribution in [3.8, 4) is 0 Å². The normalized spacial score (nSPS) is 25.2. The van der Waals surface area contributed by atoms with Gasteiger partial charge >= 0.3 is 0 Å². The summed E-state index contributed by atoms with van der Waals surface area (Å²) in [5.41, 5.74) is 1.12. The highest BCUT2D eigenvalue weighted by Crippen LogP contribution is 2.24. The van der Waals surface area contributed by atoms with E-state index >= 15 is 0 Å². The van der Waals surface area contributed by atoms with Gasteiger partial charge in [-0.2, -0.15) is 0 Å². The number of aryl methyl sites for hydroxylation is 1. The molecule has 1 unspecified atom stereocenters. The molecule has 0 amide bonds. The summed E-state index contributed by atoms with van der Waals surface area (Å²) >= 11 is 1.74. The van der Waals surface area contributed by atoms with Gasteiger partial charge in [-0.3, -0.25) is 0 Å². The number of nitrogens with one attached hydrogen (secondary N) is 1. The first-order valence-corrected chi connectivity index (χ1v) is 7.21. The van der Waals surface area contributed by atoms with Crippen molar-refractivity contribution >= 4 is 16.5 Å². The van der Waals surface area contributed by atoms with E-state index in [9.17, 15) is 0 Å². The van der Waals surface area contributed by atoms with Gasteiger partial charge in [-0.05, 0) is 19.8 Å². The molecule has 94 valence electrons. The second kappa shape index (κ2) is 4.92. The predicted octanol–water partition coefficient (Wildman–Crippen LogP) is 1.41. The van der Waals surface area contributed by atoms with Crippen LogP contribution in [0.3, 0.4) is 0 Å². The van der Waals surface area contributed by atoms with Gasteiger partial charge < -0.3 is 15.0 Å². The van der Waals surface area contributed by atoms with E-state index < -0.39 is 0 Å².